The zero-order chi connectivity index (χ0) is 11.3. The number of hydrogen-bond donors (Lipinski definition) is 0. The Morgan fingerprint density at radius 3 is 2.67 bits per heavy atom. The molecule has 1 rings (SSSR count). The summed E-state index contributed by atoms with van der Waals surface area (Å²) in [5.41, 5.74) is 2.76. The van der Waals surface area contributed by atoms with E-state index in [0.29, 0.717) is 0 Å². The molecule has 0 bridgehead atoms. The third-order valence-electron chi connectivity index (χ3n) is 2.05. The van der Waals surface area contributed by atoms with E-state index in [4.69, 9.17) is 0 Å². The average molecular weight is 205 g/mol. The molecule has 80 valence electrons. The Morgan fingerprint density at radius 2 is 2.07 bits per heavy atom. The van der Waals surface area contributed by atoms with Crippen molar-refractivity contribution in [2.45, 2.75) is 20.3 Å². The summed E-state index contributed by atoms with van der Waals surface area (Å²) in [6.07, 6.45) is 0.241. The number of carbonyl (C=O) groups is 1. The second-order valence-corrected chi connectivity index (χ2v) is 3.39. The molecule has 0 aliphatic carbocycles. The molecule has 0 fully saturated rings. The van der Waals surface area contributed by atoms with Gasteiger partial charge in [0.2, 0.25) is 0 Å². The molecule has 3 nitrogen and oxygen atoms in total. The van der Waals surface area contributed by atoms with Crippen molar-refractivity contribution in [3.63, 3.8) is 0 Å². The van der Waals surface area contributed by atoms with E-state index < -0.39 is 0 Å². The van der Waals surface area contributed by atoms with Crippen LogP contribution in [0.2, 0.25) is 0 Å². The fourth-order valence-electron chi connectivity index (χ4n) is 1.22. The summed E-state index contributed by atoms with van der Waals surface area (Å²) < 4.78 is 4.57. The number of hydrogen-bond acceptors (Lipinski definition) is 3. The van der Waals surface area contributed by atoms with Crippen LogP contribution in [0.25, 0.3) is 0 Å². The second-order valence-electron chi connectivity index (χ2n) is 3.39. The first-order chi connectivity index (χ1) is 7.13. The maximum atomic E-state index is 11.0. The number of aliphatic imine (C=N–C) groups is 1. The van der Waals surface area contributed by atoms with Gasteiger partial charge in [-0.3, -0.25) is 9.79 Å². The first-order valence-corrected chi connectivity index (χ1v) is 4.80. The van der Waals surface area contributed by atoms with Gasteiger partial charge in [-0.1, -0.05) is 18.2 Å². The molecule has 0 N–H and O–H groups in total. The zero-order valence-corrected chi connectivity index (χ0v) is 9.28. The molecule has 0 atom stereocenters. The number of methoxy groups -OCH3 is 1. The van der Waals surface area contributed by atoms with Crippen molar-refractivity contribution in [2.75, 3.05) is 7.11 Å². The lowest BCUT2D eigenvalue weighted by atomic mass is 10.2. The summed E-state index contributed by atoms with van der Waals surface area (Å²) in [6, 6.07) is 7.81. The molecule has 0 spiro atoms. The molecule has 0 heterocycles. The number of carbonyl (C=O) groups excluding carboxylic acids is 1. The van der Waals surface area contributed by atoms with Gasteiger partial charge in [0.25, 0.3) is 0 Å². The minimum atomic E-state index is -0.259. The molecule has 3 heteroatoms. The maximum Gasteiger partial charge on any atom is 0.311 e. The first kappa shape index (κ1) is 11.4. The van der Waals surface area contributed by atoms with E-state index in [1.54, 1.807) is 0 Å². The molecule has 15 heavy (non-hydrogen) atoms. The van der Waals surface area contributed by atoms with Crippen LogP contribution < -0.4 is 0 Å². The van der Waals surface area contributed by atoms with Crippen molar-refractivity contribution in [1.82, 2.24) is 0 Å². The lowest BCUT2D eigenvalue weighted by Crippen LogP contribution is -2.05. The van der Waals surface area contributed by atoms with E-state index in [-0.39, 0.29) is 12.4 Å². The molecule has 0 aliphatic rings. The van der Waals surface area contributed by atoms with Gasteiger partial charge >= 0.3 is 5.97 Å². The second kappa shape index (κ2) is 5.29. The van der Waals surface area contributed by atoms with Crippen molar-refractivity contribution in [1.29, 1.82) is 0 Å². The summed E-state index contributed by atoms with van der Waals surface area (Å²) in [6.45, 7) is 3.81. The van der Waals surface area contributed by atoms with Crippen LogP contribution in [0.3, 0.4) is 0 Å². The molecule has 0 amide bonds. The smallest absolute Gasteiger partial charge is 0.311 e. The molecule has 0 unspecified atom stereocenters. The molecule has 1 aromatic carbocycles. The molecular weight excluding hydrogens is 190 g/mol. The molecule has 0 saturated heterocycles. The Kier molecular flexibility index (Phi) is 4.03. The van der Waals surface area contributed by atoms with Crippen molar-refractivity contribution < 1.29 is 9.53 Å². The van der Waals surface area contributed by atoms with Gasteiger partial charge in [-0.25, -0.2) is 0 Å². The normalized spacial score (nSPS) is 11.3. The molecular formula is C12H15NO2. The predicted molar refractivity (Wildman–Crippen MR) is 60.6 cm³/mol. The fourth-order valence-corrected chi connectivity index (χ4v) is 1.22. The van der Waals surface area contributed by atoms with Gasteiger partial charge < -0.3 is 4.74 Å². The van der Waals surface area contributed by atoms with Crippen LogP contribution in [0.4, 0.5) is 5.69 Å². The Labute approximate surface area is 89.8 Å². The Balaban J connectivity index is 2.79. The minimum absolute atomic E-state index is 0.241. The van der Waals surface area contributed by atoms with Crippen LogP contribution in [0.15, 0.2) is 29.3 Å². The fraction of sp³-hybridized carbons (Fsp3) is 0.333. The Hall–Kier alpha value is -1.64. The van der Waals surface area contributed by atoms with Crippen molar-refractivity contribution in [3.8, 4) is 0 Å². The van der Waals surface area contributed by atoms with E-state index in [2.05, 4.69) is 9.73 Å². The maximum absolute atomic E-state index is 11.0. The average Bonchev–Trinajstić information content (AvgIpc) is 2.21. The number of ether oxygens (including phenoxy) is 1. The van der Waals surface area contributed by atoms with Gasteiger partial charge in [0.05, 0.1) is 19.2 Å². The van der Waals surface area contributed by atoms with Gasteiger partial charge in [-0.15, -0.1) is 0 Å². The molecule has 0 saturated carbocycles. The Bertz CT molecular complexity index is 383. The van der Waals surface area contributed by atoms with Crippen LogP contribution in [0, 0.1) is 6.92 Å². The van der Waals surface area contributed by atoms with Crippen molar-refractivity contribution in [3.05, 3.63) is 29.8 Å². The van der Waals surface area contributed by atoms with Crippen molar-refractivity contribution in [2.24, 2.45) is 4.99 Å². The summed E-state index contributed by atoms with van der Waals surface area (Å²) in [5.74, 6) is -0.259. The topological polar surface area (TPSA) is 38.7 Å². The Morgan fingerprint density at radius 1 is 1.40 bits per heavy atom. The minimum Gasteiger partial charge on any atom is -0.469 e. The summed E-state index contributed by atoms with van der Waals surface area (Å²) in [4.78, 5) is 15.4. The third kappa shape index (κ3) is 3.54. The summed E-state index contributed by atoms with van der Waals surface area (Å²) >= 11 is 0. The molecule has 1 aromatic rings. The SMILES string of the molecule is COC(=O)CC(C)=Nc1ccccc1C. The highest BCUT2D eigenvalue weighted by Gasteiger charge is 2.03. The third-order valence-corrected chi connectivity index (χ3v) is 2.05. The quantitative estimate of drug-likeness (QED) is 0.562. The largest absolute Gasteiger partial charge is 0.469 e. The number of benzene rings is 1. The van der Waals surface area contributed by atoms with E-state index in [9.17, 15) is 4.79 Å². The van der Waals surface area contributed by atoms with Crippen LogP contribution >= 0.6 is 0 Å². The van der Waals surface area contributed by atoms with Crippen LogP contribution in [-0.2, 0) is 9.53 Å². The van der Waals surface area contributed by atoms with E-state index in [1.807, 2.05) is 38.1 Å². The van der Waals surface area contributed by atoms with E-state index in [0.717, 1.165) is 17.0 Å². The lowest BCUT2D eigenvalue weighted by Gasteiger charge is -2.02. The zero-order valence-electron chi connectivity index (χ0n) is 9.28. The lowest BCUT2D eigenvalue weighted by molar-refractivity contribution is -0.139. The molecule has 0 aromatic heterocycles. The van der Waals surface area contributed by atoms with Gasteiger partial charge in [-0.2, -0.15) is 0 Å². The monoisotopic (exact) mass is 205 g/mol. The standard InChI is InChI=1S/C12H15NO2/c1-9-6-4-5-7-11(9)13-10(2)8-12(14)15-3/h4-7H,8H2,1-3H3. The summed E-state index contributed by atoms with van der Waals surface area (Å²) in [7, 11) is 1.38. The number of nitrogens with zero attached hydrogens (tertiary/aromatic N) is 1. The summed E-state index contributed by atoms with van der Waals surface area (Å²) in [5, 5.41) is 0. The number of para-hydroxylation sites is 1. The number of aryl methyl sites for hydroxylation is 1. The first-order valence-electron chi connectivity index (χ1n) is 4.80. The van der Waals surface area contributed by atoms with E-state index in [1.165, 1.54) is 7.11 Å². The molecule has 0 aliphatic heterocycles. The van der Waals surface area contributed by atoms with Crippen LogP contribution in [-0.4, -0.2) is 18.8 Å². The van der Waals surface area contributed by atoms with Crippen molar-refractivity contribution >= 4 is 17.4 Å². The van der Waals surface area contributed by atoms with Crippen LogP contribution in [0.5, 0.6) is 0 Å². The predicted octanol–water partition coefficient (Wildman–Crippen LogP) is 2.65. The van der Waals surface area contributed by atoms with Crippen LogP contribution in [0.1, 0.15) is 18.9 Å². The number of rotatable bonds is 3. The highest BCUT2D eigenvalue weighted by molar-refractivity contribution is 5.98. The van der Waals surface area contributed by atoms with Gasteiger partial charge in [-0.05, 0) is 25.5 Å². The van der Waals surface area contributed by atoms with Gasteiger partial charge in [0.1, 0.15) is 0 Å². The highest BCUT2D eigenvalue weighted by atomic mass is 16.5. The molecule has 0 radical (unpaired) electrons. The van der Waals surface area contributed by atoms with Gasteiger partial charge in [0, 0.05) is 5.71 Å². The van der Waals surface area contributed by atoms with E-state index >= 15 is 0 Å². The highest BCUT2D eigenvalue weighted by Crippen LogP contribution is 2.17. The number of esters is 1. The van der Waals surface area contributed by atoms with Gasteiger partial charge in [0.15, 0.2) is 0 Å².